The lowest BCUT2D eigenvalue weighted by Crippen LogP contribution is -2.11. The second-order valence-corrected chi connectivity index (χ2v) is 9.75. The molecule has 7 rings (SSSR count). The van der Waals surface area contributed by atoms with Crippen molar-refractivity contribution in [3.8, 4) is 5.69 Å². The van der Waals surface area contributed by atoms with Gasteiger partial charge in [-0.2, -0.15) is 0 Å². The summed E-state index contributed by atoms with van der Waals surface area (Å²) < 4.78 is 5.08. The van der Waals surface area contributed by atoms with E-state index in [1.807, 2.05) is 0 Å². The number of nitrogens with zero attached hydrogens (tertiary/aromatic N) is 2. The summed E-state index contributed by atoms with van der Waals surface area (Å²) in [4.78, 5) is 0. The van der Waals surface area contributed by atoms with Gasteiger partial charge in [0.05, 0.1) is 11.6 Å². The first-order chi connectivity index (χ1) is 16.3. The fourth-order valence-corrected chi connectivity index (χ4v) is 6.16. The molecule has 2 unspecified atom stereocenters. The van der Waals surface area contributed by atoms with Gasteiger partial charge >= 0.3 is 0 Å². The molecule has 3 aliphatic rings. The molecule has 2 heterocycles. The van der Waals surface area contributed by atoms with Gasteiger partial charge in [0.1, 0.15) is 0 Å². The molecule has 0 N–H and O–H groups in total. The molecular weight excluding hydrogens is 400 g/mol. The van der Waals surface area contributed by atoms with Crippen LogP contribution in [0, 0.1) is 5.92 Å². The number of benzene rings is 2. The Hall–Kier alpha value is -3.52. The number of hydrogen-bond acceptors (Lipinski definition) is 0. The molecule has 162 valence electrons. The highest BCUT2D eigenvalue weighted by atomic mass is 15.0. The summed E-state index contributed by atoms with van der Waals surface area (Å²) in [6.45, 7) is 2.31. The number of hydrogen-bond donors (Lipinski definition) is 0. The first-order valence-corrected chi connectivity index (χ1v) is 12.3. The summed E-state index contributed by atoms with van der Waals surface area (Å²) in [5.41, 5.74) is 9.66. The molecule has 0 aliphatic heterocycles. The van der Waals surface area contributed by atoms with Gasteiger partial charge in [0.2, 0.25) is 0 Å². The summed E-state index contributed by atoms with van der Waals surface area (Å²) in [5.74, 6) is 0.586. The van der Waals surface area contributed by atoms with Crippen LogP contribution in [0.4, 0.5) is 0 Å². The Labute approximate surface area is 194 Å². The minimum absolute atomic E-state index is 0.406. The van der Waals surface area contributed by atoms with Crippen LogP contribution in [0.2, 0.25) is 0 Å². The molecule has 2 aromatic heterocycles. The lowest BCUT2D eigenvalue weighted by molar-refractivity contribution is 0.598. The normalized spacial score (nSPS) is 21.1. The van der Waals surface area contributed by atoms with Crippen molar-refractivity contribution < 1.29 is 0 Å². The number of para-hydroxylation sites is 1. The Morgan fingerprint density at radius 2 is 1.82 bits per heavy atom. The zero-order chi connectivity index (χ0) is 21.9. The van der Waals surface area contributed by atoms with E-state index >= 15 is 0 Å². The zero-order valence-corrected chi connectivity index (χ0v) is 19.0. The lowest BCUT2D eigenvalue weighted by Gasteiger charge is -2.21. The van der Waals surface area contributed by atoms with Gasteiger partial charge < -0.3 is 9.13 Å². The van der Waals surface area contributed by atoms with Crippen LogP contribution in [0.25, 0.3) is 39.6 Å². The predicted molar refractivity (Wildman–Crippen MR) is 140 cm³/mol. The van der Waals surface area contributed by atoms with Crippen LogP contribution in [-0.2, 0) is 12.8 Å². The van der Waals surface area contributed by atoms with Crippen molar-refractivity contribution in [2.24, 2.45) is 5.92 Å². The van der Waals surface area contributed by atoms with E-state index in [1.165, 1.54) is 50.0 Å². The van der Waals surface area contributed by atoms with Crippen molar-refractivity contribution in [1.29, 1.82) is 0 Å². The van der Waals surface area contributed by atoms with Crippen molar-refractivity contribution in [3.05, 3.63) is 101 Å². The molecule has 4 aromatic rings. The van der Waals surface area contributed by atoms with E-state index in [4.69, 9.17) is 0 Å². The minimum Gasteiger partial charge on any atom is -0.337 e. The second-order valence-electron chi connectivity index (χ2n) is 9.75. The van der Waals surface area contributed by atoms with E-state index in [2.05, 4.69) is 107 Å². The number of rotatable bonds is 2. The molecule has 2 heteroatoms. The molecule has 3 aliphatic carbocycles. The predicted octanol–water partition coefficient (Wildman–Crippen LogP) is 7.81. The van der Waals surface area contributed by atoms with Gasteiger partial charge in [-0.15, -0.1) is 0 Å². The van der Waals surface area contributed by atoms with Crippen LogP contribution < -0.4 is 0 Å². The highest BCUT2D eigenvalue weighted by Gasteiger charge is 2.24. The Balaban J connectivity index is 1.49. The quantitative estimate of drug-likeness (QED) is 0.308. The SMILES string of the molecule is CC1C=Cc2c(c3ccccc3n2-c2ccc3c(c2)c2c(n3C3C=CC=CC3)CCC=C2)C1. The first kappa shape index (κ1) is 19.0. The largest absolute Gasteiger partial charge is 0.337 e. The topological polar surface area (TPSA) is 9.86 Å². The zero-order valence-electron chi connectivity index (χ0n) is 19.0. The van der Waals surface area contributed by atoms with Crippen LogP contribution in [0.1, 0.15) is 48.3 Å². The molecule has 0 saturated carbocycles. The van der Waals surface area contributed by atoms with Crippen LogP contribution in [0.3, 0.4) is 0 Å². The Morgan fingerprint density at radius 1 is 0.879 bits per heavy atom. The highest BCUT2D eigenvalue weighted by Crippen LogP contribution is 2.39. The van der Waals surface area contributed by atoms with E-state index in [1.54, 1.807) is 0 Å². The third-order valence-corrected chi connectivity index (χ3v) is 7.64. The Bertz CT molecular complexity index is 1530. The maximum Gasteiger partial charge on any atom is 0.0557 e. The van der Waals surface area contributed by atoms with Crippen LogP contribution in [-0.4, -0.2) is 9.13 Å². The van der Waals surface area contributed by atoms with Gasteiger partial charge in [0.25, 0.3) is 0 Å². The summed E-state index contributed by atoms with van der Waals surface area (Å²) >= 11 is 0. The van der Waals surface area contributed by atoms with Gasteiger partial charge in [0, 0.05) is 38.9 Å². The number of allylic oxidation sites excluding steroid dienone is 6. The molecule has 0 amide bonds. The Kier molecular flexibility index (Phi) is 4.17. The molecule has 2 atom stereocenters. The van der Waals surface area contributed by atoms with E-state index < -0.39 is 0 Å². The summed E-state index contributed by atoms with van der Waals surface area (Å²) in [6.07, 6.45) is 22.8. The van der Waals surface area contributed by atoms with Crippen molar-refractivity contribution in [2.75, 3.05) is 0 Å². The minimum atomic E-state index is 0.406. The molecule has 0 radical (unpaired) electrons. The van der Waals surface area contributed by atoms with Gasteiger partial charge in [-0.1, -0.05) is 67.7 Å². The standard InChI is InChI=1S/C31H28N2/c1-21-15-17-30-26(19-21)24-11-5-8-14-29(24)33(30)23-16-18-31-27(20-23)25-12-6-7-13-28(25)32(31)22-9-3-2-4-10-22/h2-6,8-9,11-12,14-18,20-22H,7,10,13,19H2,1H3. The average molecular weight is 429 g/mol. The van der Waals surface area contributed by atoms with Crippen LogP contribution in [0.15, 0.2) is 78.9 Å². The fourth-order valence-electron chi connectivity index (χ4n) is 6.16. The van der Waals surface area contributed by atoms with Gasteiger partial charge in [0.15, 0.2) is 0 Å². The lowest BCUT2D eigenvalue weighted by atomic mass is 9.93. The molecule has 0 fully saturated rings. The van der Waals surface area contributed by atoms with E-state index in [9.17, 15) is 0 Å². The number of aromatic nitrogens is 2. The Morgan fingerprint density at radius 3 is 2.73 bits per heavy atom. The van der Waals surface area contributed by atoms with Crippen molar-refractivity contribution in [3.63, 3.8) is 0 Å². The van der Waals surface area contributed by atoms with E-state index in [-0.39, 0.29) is 0 Å². The molecule has 0 bridgehead atoms. The molecule has 0 saturated heterocycles. The third-order valence-electron chi connectivity index (χ3n) is 7.64. The van der Waals surface area contributed by atoms with Crippen LogP contribution in [0.5, 0.6) is 0 Å². The van der Waals surface area contributed by atoms with Crippen molar-refractivity contribution in [2.45, 2.75) is 38.6 Å². The fraction of sp³-hybridized carbons (Fsp3) is 0.226. The summed E-state index contributed by atoms with van der Waals surface area (Å²) in [6, 6.07) is 16.4. The van der Waals surface area contributed by atoms with Crippen molar-refractivity contribution in [1.82, 2.24) is 9.13 Å². The highest BCUT2D eigenvalue weighted by molar-refractivity contribution is 5.95. The van der Waals surface area contributed by atoms with Crippen molar-refractivity contribution >= 4 is 34.0 Å². The van der Waals surface area contributed by atoms with Gasteiger partial charge in [-0.3, -0.25) is 0 Å². The third kappa shape index (κ3) is 2.80. The summed E-state index contributed by atoms with van der Waals surface area (Å²) in [7, 11) is 0. The number of fused-ring (bicyclic) bond motifs is 6. The average Bonchev–Trinajstić information content (AvgIpc) is 3.37. The maximum atomic E-state index is 2.60. The molecule has 2 nitrogen and oxygen atoms in total. The molecular formula is C31H28N2. The maximum absolute atomic E-state index is 2.60. The molecule has 33 heavy (non-hydrogen) atoms. The van der Waals surface area contributed by atoms with E-state index in [0.29, 0.717) is 12.0 Å². The summed E-state index contributed by atoms with van der Waals surface area (Å²) in [5, 5.41) is 2.77. The van der Waals surface area contributed by atoms with Crippen LogP contribution >= 0.6 is 0 Å². The smallest absolute Gasteiger partial charge is 0.0557 e. The van der Waals surface area contributed by atoms with Gasteiger partial charge in [-0.05, 0) is 67.5 Å². The molecule has 2 aromatic carbocycles. The second kappa shape index (κ2) is 7.25. The molecule has 0 spiro atoms. The van der Waals surface area contributed by atoms with E-state index in [0.717, 1.165) is 25.7 Å². The van der Waals surface area contributed by atoms with Gasteiger partial charge in [-0.25, -0.2) is 0 Å². The monoisotopic (exact) mass is 428 g/mol. The first-order valence-electron chi connectivity index (χ1n) is 12.3.